The molecule has 114 valence electrons. The molecule has 1 aromatic rings. The van der Waals surface area contributed by atoms with Crippen molar-refractivity contribution in [1.29, 1.82) is 0 Å². The normalized spacial score (nSPS) is 19.8. The van der Waals surface area contributed by atoms with Gasteiger partial charge in [-0.2, -0.15) is 0 Å². The maximum atomic E-state index is 12.3. The van der Waals surface area contributed by atoms with Crippen LogP contribution in [0.1, 0.15) is 31.4 Å². The van der Waals surface area contributed by atoms with Crippen molar-refractivity contribution >= 4 is 17.4 Å². The van der Waals surface area contributed by atoms with Gasteiger partial charge in [-0.05, 0) is 44.7 Å². The summed E-state index contributed by atoms with van der Waals surface area (Å²) in [6.45, 7) is 5.49. The molecular weight excluding hydrogens is 266 g/mol. The molecule has 3 heterocycles. The minimum Gasteiger partial charge on any atom is -0.381 e. The summed E-state index contributed by atoms with van der Waals surface area (Å²) in [4.78, 5) is 19.2. The Hall–Kier alpha value is -1.62. The monoisotopic (exact) mass is 289 g/mol. The van der Waals surface area contributed by atoms with Gasteiger partial charge in [-0.3, -0.25) is 4.79 Å². The highest BCUT2D eigenvalue weighted by molar-refractivity contribution is 5.93. The predicted octanol–water partition coefficient (Wildman–Crippen LogP) is 2.36. The molecule has 0 atom stereocenters. The number of hydrogen-bond acceptors (Lipinski definition) is 4. The van der Waals surface area contributed by atoms with E-state index in [1.54, 1.807) is 0 Å². The molecule has 3 rings (SSSR count). The summed E-state index contributed by atoms with van der Waals surface area (Å²) in [5, 5.41) is 3.02. The summed E-state index contributed by atoms with van der Waals surface area (Å²) >= 11 is 0. The molecule has 0 aromatic carbocycles. The number of anilines is 2. The van der Waals surface area contributed by atoms with Crippen LogP contribution >= 0.6 is 0 Å². The van der Waals surface area contributed by atoms with Crippen molar-refractivity contribution in [2.24, 2.45) is 5.92 Å². The minimum absolute atomic E-state index is 0.0661. The molecule has 2 saturated heterocycles. The van der Waals surface area contributed by atoms with Gasteiger partial charge in [0.2, 0.25) is 5.91 Å². The van der Waals surface area contributed by atoms with E-state index in [0.717, 1.165) is 43.1 Å². The van der Waals surface area contributed by atoms with Crippen LogP contribution in [0.2, 0.25) is 0 Å². The molecular formula is C16H23N3O2. The standard InChI is InChI=1S/C16H23N3O2/c1-12-14(18-16(20)13-6-10-21-11-7-13)4-5-15(17-12)19-8-2-3-9-19/h4-5,13H,2-3,6-11H2,1H3,(H,18,20). The molecule has 0 radical (unpaired) electrons. The summed E-state index contributed by atoms with van der Waals surface area (Å²) < 4.78 is 5.30. The summed E-state index contributed by atoms with van der Waals surface area (Å²) in [5.41, 5.74) is 1.72. The first kappa shape index (κ1) is 14.3. The second kappa shape index (κ2) is 6.43. The Labute approximate surface area is 125 Å². The molecule has 0 bridgehead atoms. The lowest BCUT2D eigenvalue weighted by Crippen LogP contribution is -2.29. The molecule has 2 aliphatic rings. The molecule has 0 aliphatic carbocycles. The number of pyridine rings is 1. The van der Waals surface area contributed by atoms with Crippen LogP contribution in [0.3, 0.4) is 0 Å². The van der Waals surface area contributed by atoms with Gasteiger partial charge in [0.25, 0.3) is 0 Å². The van der Waals surface area contributed by atoms with Gasteiger partial charge in [-0.25, -0.2) is 4.98 Å². The van der Waals surface area contributed by atoms with Gasteiger partial charge in [0.1, 0.15) is 5.82 Å². The number of nitrogens with one attached hydrogen (secondary N) is 1. The average Bonchev–Trinajstić information content (AvgIpc) is 3.04. The molecule has 1 N–H and O–H groups in total. The summed E-state index contributed by atoms with van der Waals surface area (Å²) in [6.07, 6.45) is 4.10. The van der Waals surface area contributed by atoms with Crippen LogP contribution in [0, 0.1) is 12.8 Å². The minimum atomic E-state index is 0.0661. The maximum Gasteiger partial charge on any atom is 0.227 e. The van der Waals surface area contributed by atoms with E-state index < -0.39 is 0 Å². The van der Waals surface area contributed by atoms with Crippen molar-refractivity contribution in [2.75, 3.05) is 36.5 Å². The molecule has 2 aliphatic heterocycles. The van der Waals surface area contributed by atoms with Crippen molar-refractivity contribution in [3.63, 3.8) is 0 Å². The second-order valence-corrected chi connectivity index (χ2v) is 5.87. The van der Waals surface area contributed by atoms with Crippen LogP contribution in [0.25, 0.3) is 0 Å². The average molecular weight is 289 g/mol. The highest BCUT2D eigenvalue weighted by Gasteiger charge is 2.22. The number of amides is 1. The fourth-order valence-corrected chi connectivity index (χ4v) is 3.00. The third-order valence-electron chi connectivity index (χ3n) is 4.35. The quantitative estimate of drug-likeness (QED) is 0.928. The zero-order valence-electron chi connectivity index (χ0n) is 12.6. The molecule has 5 heteroatoms. The number of carbonyl (C=O) groups is 1. The van der Waals surface area contributed by atoms with Crippen molar-refractivity contribution in [3.8, 4) is 0 Å². The van der Waals surface area contributed by atoms with Gasteiger partial charge in [-0.1, -0.05) is 0 Å². The summed E-state index contributed by atoms with van der Waals surface area (Å²) in [6, 6.07) is 3.99. The van der Waals surface area contributed by atoms with Crippen LogP contribution in [-0.4, -0.2) is 37.2 Å². The first-order valence-corrected chi connectivity index (χ1v) is 7.85. The molecule has 2 fully saturated rings. The molecule has 1 amide bonds. The molecule has 0 unspecified atom stereocenters. The Kier molecular flexibility index (Phi) is 4.39. The van der Waals surface area contributed by atoms with Crippen molar-refractivity contribution in [3.05, 3.63) is 17.8 Å². The zero-order valence-corrected chi connectivity index (χ0v) is 12.6. The zero-order chi connectivity index (χ0) is 14.7. The van der Waals surface area contributed by atoms with Crippen LogP contribution in [-0.2, 0) is 9.53 Å². The number of nitrogens with zero attached hydrogens (tertiary/aromatic N) is 2. The highest BCUT2D eigenvalue weighted by atomic mass is 16.5. The van der Waals surface area contributed by atoms with Gasteiger partial charge in [0, 0.05) is 32.2 Å². The van der Waals surface area contributed by atoms with Gasteiger partial charge in [0.15, 0.2) is 0 Å². The number of carbonyl (C=O) groups excluding carboxylic acids is 1. The largest absolute Gasteiger partial charge is 0.381 e. The first-order valence-electron chi connectivity index (χ1n) is 7.85. The predicted molar refractivity (Wildman–Crippen MR) is 82.6 cm³/mol. The number of aryl methyl sites for hydroxylation is 1. The van der Waals surface area contributed by atoms with Crippen LogP contribution < -0.4 is 10.2 Å². The van der Waals surface area contributed by atoms with E-state index >= 15 is 0 Å². The number of aromatic nitrogens is 1. The lowest BCUT2D eigenvalue weighted by molar-refractivity contribution is -0.122. The Morgan fingerprint density at radius 1 is 1.29 bits per heavy atom. The van der Waals surface area contributed by atoms with E-state index in [0.29, 0.717) is 13.2 Å². The fourth-order valence-electron chi connectivity index (χ4n) is 3.00. The van der Waals surface area contributed by atoms with Crippen LogP contribution in [0.5, 0.6) is 0 Å². The lowest BCUT2D eigenvalue weighted by atomic mass is 9.99. The smallest absolute Gasteiger partial charge is 0.227 e. The number of hydrogen-bond donors (Lipinski definition) is 1. The van der Waals surface area contributed by atoms with E-state index in [2.05, 4.69) is 15.2 Å². The van der Waals surface area contributed by atoms with Gasteiger partial charge < -0.3 is 15.0 Å². The first-order chi connectivity index (χ1) is 10.2. The summed E-state index contributed by atoms with van der Waals surface area (Å²) in [7, 11) is 0. The Morgan fingerprint density at radius 3 is 2.67 bits per heavy atom. The SMILES string of the molecule is Cc1nc(N2CCCC2)ccc1NC(=O)C1CCOCC1. The topological polar surface area (TPSA) is 54.5 Å². The second-order valence-electron chi connectivity index (χ2n) is 5.87. The molecule has 0 spiro atoms. The Balaban J connectivity index is 1.66. The van der Waals surface area contributed by atoms with Crippen LogP contribution in [0.4, 0.5) is 11.5 Å². The number of ether oxygens (including phenoxy) is 1. The number of rotatable bonds is 3. The third-order valence-corrected chi connectivity index (χ3v) is 4.35. The van der Waals surface area contributed by atoms with Gasteiger partial charge in [0.05, 0.1) is 11.4 Å². The maximum absolute atomic E-state index is 12.3. The van der Waals surface area contributed by atoms with Crippen molar-refractivity contribution < 1.29 is 9.53 Å². The molecule has 5 nitrogen and oxygen atoms in total. The molecule has 1 aromatic heterocycles. The van der Waals surface area contributed by atoms with E-state index in [1.165, 1.54) is 12.8 Å². The van der Waals surface area contributed by atoms with E-state index in [4.69, 9.17) is 4.74 Å². The molecule has 21 heavy (non-hydrogen) atoms. The Bertz CT molecular complexity index is 506. The summed E-state index contributed by atoms with van der Waals surface area (Å²) in [5.74, 6) is 1.18. The van der Waals surface area contributed by atoms with Crippen LogP contribution in [0.15, 0.2) is 12.1 Å². The van der Waals surface area contributed by atoms with Gasteiger partial charge >= 0.3 is 0 Å². The molecule has 0 saturated carbocycles. The van der Waals surface area contributed by atoms with Crippen molar-refractivity contribution in [2.45, 2.75) is 32.6 Å². The highest BCUT2D eigenvalue weighted by Crippen LogP contribution is 2.23. The van der Waals surface area contributed by atoms with E-state index in [9.17, 15) is 4.79 Å². The van der Waals surface area contributed by atoms with Crippen molar-refractivity contribution in [1.82, 2.24) is 4.98 Å². The van der Waals surface area contributed by atoms with E-state index in [-0.39, 0.29) is 11.8 Å². The van der Waals surface area contributed by atoms with E-state index in [1.807, 2.05) is 19.1 Å². The fraction of sp³-hybridized carbons (Fsp3) is 0.625. The van der Waals surface area contributed by atoms with Gasteiger partial charge in [-0.15, -0.1) is 0 Å². The third kappa shape index (κ3) is 3.35. The lowest BCUT2D eigenvalue weighted by Gasteiger charge is -2.22. The Morgan fingerprint density at radius 2 is 2.00 bits per heavy atom.